The summed E-state index contributed by atoms with van der Waals surface area (Å²) in [6.45, 7) is 4.03. The first-order valence-electron chi connectivity index (χ1n) is 11.1. The number of nitrogens with zero attached hydrogens (tertiary/aromatic N) is 2. The van der Waals surface area contributed by atoms with Crippen molar-refractivity contribution in [1.29, 1.82) is 0 Å². The van der Waals surface area contributed by atoms with Crippen LogP contribution in [0.3, 0.4) is 0 Å². The summed E-state index contributed by atoms with van der Waals surface area (Å²) in [5.41, 5.74) is 3.20. The summed E-state index contributed by atoms with van der Waals surface area (Å²) in [5.74, 6) is -2.32. The number of para-hydroxylation sites is 1. The van der Waals surface area contributed by atoms with Crippen molar-refractivity contribution in [3.05, 3.63) is 98.9 Å². The number of aromatic nitrogens is 1. The fraction of sp³-hybridized carbons (Fsp3) is 0.148. The summed E-state index contributed by atoms with van der Waals surface area (Å²) in [5, 5.41) is 3.53. The number of aryl methyl sites for hydroxylation is 2. The number of benzene rings is 3. The molecule has 0 unspecified atom stereocenters. The van der Waals surface area contributed by atoms with E-state index in [1.807, 2.05) is 31.2 Å². The Morgan fingerprint density at radius 1 is 1.00 bits per heavy atom. The highest BCUT2D eigenvalue weighted by atomic mass is 32.1. The average molecular weight is 490 g/mol. The number of nitrogens with one attached hydrogen (secondary N) is 1. The first kappa shape index (κ1) is 22.9. The van der Waals surface area contributed by atoms with Crippen LogP contribution in [-0.2, 0) is 6.42 Å². The van der Waals surface area contributed by atoms with Gasteiger partial charge in [-0.2, -0.15) is 0 Å². The van der Waals surface area contributed by atoms with E-state index < -0.39 is 23.4 Å². The van der Waals surface area contributed by atoms with Gasteiger partial charge in [0.15, 0.2) is 0 Å². The molecular formula is C27H21F2N3O2S. The Bertz CT molecular complexity index is 1480. The van der Waals surface area contributed by atoms with Crippen LogP contribution in [0.15, 0.2) is 60.7 Å². The van der Waals surface area contributed by atoms with Crippen LogP contribution >= 0.6 is 11.3 Å². The first-order chi connectivity index (χ1) is 16.8. The lowest BCUT2D eigenvalue weighted by Gasteiger charge is -2.23. The molecule has 2 heterocycles. The average Bonchev–Trinajstić information content (AvgIpc) is 3.14. The molecule has 2 amide bonds. The topological polar surface area (TPSA) is 62.3 Å². The SMILES string of the molecule is Cc1nc2c(s1)CCN(C(=O)c1ccc(NC(=O)c3cc(F)ccc3C)cc1F)c1ccccc1-2. The van der Waals surface area contributed by atoms with Crippen molar-refractivity contribution in [3.63, 3.8) is 0 Å². The molecule has 1 N–H and O–H groups in total. The van der Waals surface area contributed by atoms with Crippen LogP contribution in [0.2, 0.25) is 0 Å². The van der Waals surface area contributed by atoms with E-state index in [9.17, 15) is 14.0 Å². The Hall–Kier alpha value is -3.91. The van der Waals surface area contributed by atoms with Crippen molar-refractivity contribution in [3.8, 4) is 11.3 Å². The second-order valence-electron chi connectivity index (χ2n) is 8.34. The number of amides is 2. The Labute approximate surface area is 205 Å². The minimum atomic E-state index is -0.755. The monoisotopic (exact) mass is 489 g/mol. The van der Waals surface area contributed by atoms with Gasteiger partial charge in [0, 0.05) is 34.7 Å². The summed E-state index contributed by atoms with van der Waals surface area (Å²) in [4.78, 5) is 33.3. The highest BCUT2D eigenvalue weighted by Gasteiger charge is 2.28. The molecule has 0 spiro atoms. The van der Waals surface area contributed by atoms with Gasteiger partial charge in [-0.25, -0.2) is 13.8 Å². The van der Waals surface area contributed by atoms with Crippen molar-refractivity contribution >= 4 is 34.5 Å². The summed E-state index contributed by atoms with van der Waals surface area (Å²) in [6.07, 6.45) is 0.615. The zero-order valence-corrected chi connectivity index (χ0v) is 19.9. The molecule has 176 valence electrons. The van der Waals surface area contributed by atoms with Gasteiger partial charge in [0.1, 0.15) is 11.6 Å². The molecule has 5 rings (SSSR count). The van der Waals surface area contributed by atoms with Gasteiger partial charge in [-0.3, -0.25) is 9.59 Å². The lowest BCUT2D eigenvalue weighted by atomic mass is 10.1. The standard InChI is InChI=1S/C27H21F2N3O2S/c1-15-7-8-17(28)13-21(15)26(33)31-18-9-10-19(22(29)14-18)27(34)32-12-11-24-25(30-16(2)35-24)20-5-3-4-6-23(20)32/h3-10,13-14H,11-12H2,1-2H3,(H,31,33). The third kappa shape index (κ3) is 4.33. The second-order valence-corrected chi connectivity index (χ2v) is 9.62. The summed E-state index contributed by atoms with van der Waals surface area (Å²) in [6, 6.07) is 15.3. The van der Waals surface area contributed by atoms with E-state index in [-0.39, 0.29) is 16.8 Å². The molecular weight excluding hydrogens is 468 g/mol. The normalized spacial score (nSPS) is 12.5. The van der Waals surface area contributed by atoms with Crippen LogP contribution in [0, 0.1) is 25.5 Å². The number of carbonyl (C=O) groups excluding carboxylic acids is 2. The van der Waals surface area contributed by atoms with E-state index in [2.05, 4.69) is 10.3 Å². The van der Waals surface area contributed by atoms with Crippen LogP contribution in [0.25, 0.3) is 11.3 Å². The second kappa shape index (κ2) is 9.03. The van der Waals surface area contributed by atoms with E-state index in [0.29, 0.717) is 24.2 Å². The number of carbonyl (C=O) groups is 2. The third-order valence-corrected chi connectivity index (χ3v) is 6.99. The minimum absolute atomic E-state index is 0.103. The zero-order valence-electron chi connectivity index (χ0n) is 19.1. The fourth-order valence-corrected chi connectivity index (χ4v) is 5.19. The highest BCUT2D eigenvalue weighted by molar-refractivity contribution is 7.12. The number of hydrogen-bond acceptors (Lipinski definition) is 4. The number of anilines is 2. The Balaban J connectivity index is 1.42. The lowest BCUT2D eigenvalue weighted by Crippen LogP contribution is -2.33. The van der Waals surface area contributed by atoms with Crippen molar-refractivity contribution in [1.82, 2.24) is 4.98 Å². The summed E-state index contributed by atoms with van der Waals surface area (Å²) in [7, 11) is 0. The van der Waals surface area contributed by atoms with Crippen LogP contribution < -0.4 is 10.2 Å². The predicted molar refractivity (Wildman–Crippen MR) is 133 cm³/mol. The van der Waals surface area contributed by atoms with Crippen LogP contribution in [0.5, 0.6) is 0 Å². The minimum Gasteiger partial charge on any atom is -0.322 e. The molecule has 4 aromatic rings. The fourth-order valence-electron chi connectivity index (χ4n) is 4.25. The van der Waals surface area contributed by atoms with E-state index in [1.165, 1.54) is 24.3 Å². The van der Waals surface area contributed by atoms with Gasteiger partial charge in [-0.15, -0.1) is 11.3 Å². The van der Waals surface area contributed by atoms with Crippen LogP contribution in [-0.4, -0.2) is 23.3 Å². The van der Waals surface area contributed by atoms with Crippen molar-refractivity contribution in [2.75, 3.05) is 16.8 Å². The largest absolute Gasteiger partial charge is 0.322 e. The third-order valence-electron chi connectivity index (χ3n) is 5.96. The van der Waals surface area contributed by atoms with E-state index in [0.717, 1.165) is 33.3 Å². The molecule has 8 heteroatoms. The van der Waals surface area contributed by atoms with Crippen molar-refractivity contribution in [2.24, 2.45) is 0 Å². The molecule has 0 saturated carbocycles. The van der Waals surface area contributed by atoms with Crippen molar-refractivity contribution < 1.29 is 18.4 Å². The molecule has 35 heavy (non-hydrogen) atoms. The zero-order chi connectivity index (χ0) is 24.7. The maximum Gasteiger partial charge on any atom is 0.261 e. The lowest BCUT2D eigenvalue weighted by molar-refractivity contribution is 0.0982. The molecule has 1 aliphatic heterocycles. The number of hydrogen-bond donors (Lipinski definition) is 1. The molecule has 3 aromatic carbocycles. The highest BCUT2D eigenvalue weighted by Crippen LogP contribution is 2.38. The van der Waals surface area contributed by atoms with E-state index >= 15 is 4.39 Å². The number of thiazole rings is 1. The van der Waals surface area contributed by atoms with Gasteiger partial charge in [-0.1, -0.05) is 24.3 Å². The summed E-state index contributed by atoms with van der Waals surface area (Å²) < 4.78 is 28.7. The predicted octanol–water partition coefficient (Wildman–Crippen LogP) is 6.16. The Morgan fingerprint density at radius 3 is 2.60 bits per heavy atom. The number of rotatable bonds is 3. The smallest absolute Gasteiger partial charge is 0.261 e. The van der Waals surface area contributed by atoms with Gasteiger partial charge in [0.25, 0.3) is 11.8 Å². The molecule has 1 aliphatic rings. The summed E-state index contributed by atoms with van der Waals surface area (Å²) >= 11 is 1.60. The molecule has 0 bridgehead atoms. The van der Waals surface area contributed by atoms with Gasteiger partial charge in [-0.05, 0) is 55.8 Å². The maximum absolute atomic E-state index is 15.1. The molecule has 0 fully saturated rings. The molecule has 1 aromatic heterocycles. The Kier molecular flexibility index (Phi) is 5.90. The van der Waals surface area contributed by atoms with Gasteiger partial charge < -0.3 is 10.2 Å². The van der Waals surface area contributed by atoms with Crippen molar-refractivity contribution in [2.45, 2.75) is 20.3 Å². The molecule has 5 nitrogen and oxygen atoms in total. The van der Waals surface area contributed by atoms with Crippen LogP contribution in [0.1, 0.15) is 36.2 Å². The van der Waals surface area contributed by atoms with Gasteiger partial charge >= 0.3 is 0 Å². The molecule has 0 atom stereocenters. The number of fused-ring (bicyclic) bond motifs is 3. The first-order valence-corrected chi connectivity index (χ1v) is 11.9. The van der Waals surface area contributed by atoms with Gasteiger partial charge in [0.05, 0.1) is 22.0 Å². The molecule has 0 aliphatic carbocycles. The van der Waals surface area contributed by atoms with E-state index in [1.54, 1.807) is 23.2 Å². The maximum atomic E-state index is 15.1. The van der Waals surface area contributed by atoms with E-state index in [4.69, 9.17) is 0 Å². The van der Waals surface area contributed by atoms with Crippen LogP contribution in [0.4, 0.5) is 20.2 Å². The quantitative estimate of drug-likeness (QED) is 0.375. The number of halogens is 2. The van der Waals surface area contributed by atoms with Gasteiger partial charge in [0.2, 0.25) is 0 Å². The Morgan fingerprint density at radius 2 is 1.80 bits per heavy atom. The molecule has 0 radical (unpaired) electrons. The molecule has 0 saturated heterocycles.